The van der Waals surface area contributed by atoms with E-state index in [4.69, 9.17) is 10.2 Å². The van der Waals surface area contributed by atoms with Gasteiger partial charge in [0.2, 0.25) is 0 Å². The first-order chi connectivity index (χ1) is 9.20. The van der Waals surface area contributed by atoms with Crippen molar-refractivity contribution in [3.05, 3.63) is 34.6 Å². The molecule has 0 saturated carbocycles. The summed E-state index contributed by atoms with van der Waals surface area (Å²) in [6, 6.07) is 2.78. The smallest absolute Gasteiger partial charge is 0.435 e. The first-order valence-electron chi connectivity index (χ1n) is 5.00. The molecule has 0 radical (unpaired) electrons. The summed E-state index contributed by atoms with van der Waals surface area (Å²) in [6.45, 7) is 0. The molecule has 2 N–H and O–H groups in total. The molecule has 0 aliphatic carbocycles. The Labute approximate surface area is 112 Å². The van der Waals surface area contributed by atoms with E-state index in [0.29, 0.717) is 6.07 Å². The van der Waals surface area contributed by atoms with Gasteiger partial charge in [-0.05, 0) is 12.1 Å². The molecule has 0 fully saturated rings. The number of aromatic nitrogens is 1. The molecule has 2 rings (SSSR count). The van der Waals surface area contributed by atoms with Crippen LogP contribution in [0.5, 0.6) is 5.75 Å². The number of aromatic carboxylic acids is 1. The highest BCUT2D eigenvalue weighted by atomic mass is 32.1. The van der Waals surface area contributed by atoms with Crippen molar-refractivity contribution in [3.63, 3.8) is 0 Å². The number of carbonyl (C=O) groups is 1. The van der Waals surface area contributed by atoms with Crippen molar-refractivity contribution in [1.82, 2.24) is 4.98 Å². The van der Waals surface area contributed by atoms with Crippen LogP contribution < -0.4 is 0 Å². The van der Waals surface area contributed by atoms with Crippen LogP contribution in [0, 0.1) is 5.82 Å². The highest BCUT2D eigenvalue weighted by Gasteiger charge is 2.40. The van der Waals surface area contributed by atoms with Crippen LogP contribution in [0.1, 0.15) is 15.4 Å². The van der Waals surface area contributed by atoms with Gasteiger partial charge in [-0.1, -0.05) is 0 Å². The molecule has 0 unspecified atom stereocenters. The van der Waals surface area contributed by atoms with Crippen molar-refractivity contribution in [2.24, 2.45) is 0 Å². The third kappa shape index (κ3) is 2.57. The number of carboxylic acid groups (broad SMARTS) is 1. The Morgan fingerprint density at radius 2 is 1.95 bits per heavy atom. The number of carboxylic acids is 1. The van der Waals surface area contributed by atoms with Crippen LogP contribution in [0.4, 0.5) is 17.6 Å². The topological polar surface area (TPSA) is 70.4 Å². The van der Waals surface area contributed by atoms with Gasteiger partial charge in [-0.15, -0.1) is 11.3 Å². The van der Waals surface area contributed by atoms with E-state index in [1.165, 1.54) is 0 Å². The standard InChI is InChI=1S/C11H5F4NO3S/c12-6-3-4(17)1-2-5(6)9-16-8(11(13,14)15)7(20-9)10(18)19/h1-3,17H,(H,18,19). The maximum atomic E-state index is 13.6. The second kappa shape index (κ2) is 4.75. The zero-order valence-corrected chi connectivity index (χ0v) is 10.2. The van der Waals surface area contributed by atoms with E-state index in [-0.39, 0.29) is 16.9 Å². The third-order valence-corrected chi connectivity index (χ3v) is 3.35. The summed E-state index contributed by atoms with van der Waals surface area (Å²) < 4.78 is 51.5. The molecule has 0 atom stereocenters. The lowest BCUT2D eigenvalue weighted by atomic mass is 10.2. The van der Waals surface area contributed by atoms with Gasteiger partial charge in [0, 0.05) is 11.6 Å². The van der Waals surface area contributed by atoms with Crippen LogP contribution in [0.2, 0.25) is 0 Å². The summed E-state index contributed by atoms with van der Waals surface area (Å²) in [4.78, 5) is 12.9. The highest BCUT2D eigenvalue weighted by molar-refractivity contribution is 7.17. The molecule has 2 aromatic rings. The number of hydrogen-bond donors (Lipinski definition) is 2. The Bertz CT molecular complexity index is 681. The van der Waals surface area contributed by atoms with Gasteiger partial charge in [-0.3, -0.25) is 0 Å². The van der Waals surface area contributed by atoms with Crippen molar-refractivity contribution in [1.29, 1.82) is 0 Å². The van der Waals surface area contributed by atoms with Gasteiger partial charge in [0.1, 0.15) is 21.5 Å². The number of phenolic OH excluding ortho intramolecular Hbond substituents is 1. The van der Waals surface area contributed by atoms with Crippen molar-refractivity contribution in [2.75, 3.05) is 0 Å². The van der Waals surface area contributed by atoms with Gasteiger partial charge >= 0.3 is 12.1 Å². The molecule has 106 valence electrons. The summed E-state index contributed by atoms with van der Waals surface area (Å²) in [6.07, 6.45) is -4.95. The lowest BCUT2D eigenvalue weighted by Crippen LogP contribution is -2.11. The Kier molecular flexibility index (Phi) is 3.38. The third-order valence-electron chi connectivity index (χ3n) is 2.27. The fraction of sp³-hybridized carbons (Fsp3) is 0.0909. The average Bonchev–Trinajstić information content (AvgIpc) is 2.73. The molecule has 9 heteroatoms. The van der Waals surface area contributed by atoms with Crippen LogP contribution in [0.25, 0.3) is 10.6 Å². The highest BCUT2D eigenvalue weighted by Crippen LogP contribution is 2.38. The maximum absolute atomic E-state index is 13.6. The summed E-state index contributed by atoms with van der Waals surface area (Å²) in [5.74, 6) is -3.19. The Morgan fingerprint density at radius 1 is 1.30 bits per heavy atom. The van der Waals surface area contributed by atoms with Gasteiger partial charge in [0.05, 0.1) is 0 Å². The van der Waals surface area contributed by atoms with E-state index < -0.39 is 39.3 Å². The van der Waals surface area contributed by atoms with Crippen LogP contribution >= 0.6 is 11.3 Å². The molecule has 1 aromatic carbocycles. The minimum absolute atomic E-state index is 0.215. The first kappa shape index (κ1) is 14.3. The van der Waals surface area contributed by atoms with Gasteiger partial charge in [0.25, 0.3) is 0 Å². The van der Waals surface area contributed by atoms with Gasteiger partial charge in [-0.25, -0.2) is 14.2 Å². The quantitative estimate of drug-likeness (QED) is 0.835. The van der Waals surface area contributed by atoms with Crippen LogP contribution in [0.15, 0.2) is 18.2 Å². The van der Waals surface area contributed by atoms with Gasteiger partial charge in [-0.2, -0.15) is 13.2 Å². The number of phenols is 1. The zero-order valence-electron chi connectivity index (χ0n) is 9.40. The van der Waals surface area contributed by atoms with E-state index in [9.17, 15) is 22.4 Å². The number of benzene rings is 1. The summed E-state index contributed by atoms with van der Waals surface area (Å²) >= 11 is 0.215. The molecule has 4 nitrogen and oxygen atoms in total. The Balaban J connectivity index is 2.62. The largest absolute Gasteiger partial charge is 0.508 e. The van der Waals surface area contributed by atoms with Crippen molar-refractivity contribution in [3.8, 4) is 16.3 Å². The molecular formula is C11H5F4NO3S. The molecule has 0 saturated heterocycles. The number of aromatic hydroxyl groups is 1. The van der Waals surface area contributed by atoms with Crippen molar-refractivity contribution in [2.45, 2.75) is 6.18 Å². The number of thiazole rings is 1. The number of hydrogen-bond acceptors (Lipinski definition) is 4. The fourth-order valence-electron chi connectivity index (χ4n) is 1.45. The molecular weight excluding hydrogens is 302 g/mol. The lowest BCUT2D eigenvalue weighted by molar-refractivity contribution is -0.141. The number of alkyl halides is 3. The predicted octanol–water partition coefficient (Wildman–Crippen LogP) is 3.37. The molecule has 0 aliphatic rings. The average molecular weight is 307 g/mol. The SMILES string of the molecule is O=C(O)c1sc(-c2ccc(O)cc2F)nc1C(F)(F)F. The van der Waals surface area contributed by atoms with Gasteiger partial charge < -0.3 is 10.2 Å². The van der Waals surface area contributed by atoms with Crippen LogP contribution in [-0.4, -0.2) is 21.2 Å². The molecule has 0 bridgehead atoms. The Hall–Kier alpha value is -2.16. The molecule has 20 heavy (non-hydrogen) atoms. The molecule has 0 spiro atoms. The lowest BCUT2D eigenvalue weighted by Gasteiger charge is -2.02. The monoisotopic (exact) mass is 307 g/mol. The number of rotatable bonds is 2. The zero-order chi connectivity index (χ0) is 15.1. The molecule has 1 aromatic heterocycles. The molecule has 0 amide bonds. The van der Waals surface area contributed by atoms with E-state index in [0.717, 1.165) is 12.1 Å². The van der Waals surface area contributed by atoms with E-state index in [1.807, 2.05) is 0 Å². The van der Waals surface area contributed by atoms with Crippen molar-refractivity contribution < 1.29 is 32.6 Å². The normalized spacial score (nSPS) is 11.6. The predicted molar refractivity (Wildman–Crippen MR) is 61.1 cm³/mol. The number of halogens is 4. The summed E-state index contributed by atoms with van der Waals surface area (Å²) in [7, 11) is 0. The molecule has 0 aliphatic heterocycles. The second-order valence-corrected chi connectivity index (χ2v) is 4.66. The van der Waals surface area contributed by atoms with Crippen LogP contribution in [-0.2, 0) is 6.18 Å². The summed E-state index contributed by atoms with van der Waals surface area (Å²) in [5, 5.41) is 17.3. The van der Waals surface area contributed by atoms with Crippen molar-refractivity contribution >= 4 is 17.3 Å². The minimum Gasteiger partial charge on any atom is -0.508 e. The van der Waals surface area contributed by atoms with E-state index in [2.05, 4.69) is 4.98 Å². The molecule has 1 heterocycles. The fourth-order valence-corrected chi connectivity index (χ4v) is 2.40. The second-order valence-electron chi connectivity index (χ2n) is 3.66. The number of nitrogens with zero attached hydrogens (tertiary/aromatic N) is 1. The van der Waals surface area contributed by atoms with E-state index >= 15 is 0 Å². The summed E-state index contributed by atoms with van der Waals surface area (Å²) in [5.41, 5.74) is -1.89. The van der Waals surface area contributed by atoms with E-state index in [1.54, 1.807) is 0 Å². The van der Waals surface area contributed by atoms with Gasteiger partial charge in [0.15, 0.2) is 5.69 Å². The van der Waals surface area contributed by atoms with Crippen LogP contribution in [0.3, 0.4) is 0 Å². The maximum Gasteiger partial charge on any atom is 0.435 e. The Morgan fingerprint density at radius 3 is 2.40 bits per heavy atom. The first-order valence-corrected chi connectivity index (χ1v) is 5.82. The minimum atomic E-state index is -4.95.